The summed E-state index contributed by atoms with van der Waals surface area (Å²) < 4.78 is 0. The number of rotatable bonds is 5. The molecule has 2 heterocycles. The number of benzene rings is 1. The summed E-state index contributed by atoms with van der Waals surface area (Å²) in [5, 5.41) is 8.89. The molecule has 7 heteroatoms. The fourth-order valence-corrected chi connectivity index (χ4v) is 3.33. The molecule has 2 aromatic heterocycles. The van der Waals surface area contributed by atoms with Gasteiger partial charge in [0, 0.05) is 30.6 Å². The third kappa shape index (κ3) is 5.14. The monoisotopic (exact) mass is 481 g/mol. The molecule has 0 atom stereocenters. The first-order valence-corrected chi connectivity index (χ1v) is 9.28. The van der Waals surface area contributed by atoms with Gasteiger partial charge in [-0.1, -0.05) is 24.3 Å². The quantitative estimate of drug-likeness (QED) is 0.337. The number of guanidine groups is 1. The molecule has 0 spiro atoms. The van der Waals surface area contributed by atoms with Gasteiger partial charge in [-0.25, -0.2) is 9.98 Å². The van der Waals surface area contributed by atoms with Crippen molar-refractivity contribution in [2.75, 3.05) is 13.6 Å². The topological polar surface area (TPSA) is 53.4 Å². The van der Waals surface area contributed by atoms with E-state index in [2.05, 4.69) is 44.6 Å². The van der Waals surface area contributed by atoms with E-state index in [1.54, 1.807) is 11.3 Å². The van der Waals surface area contributed by atoms with Crippen molar-refractivity contribution < 1.29 is 0 Å². The molecule has 3 aromatic rings. The first-order chi connectivity index (χ1) is 12.2. The second kappa shape index (κ2) is 9.82. The minimum Gasteiger partial charge on any atom is -0.357 e. The van der Waals surface area contributed by atoms with Crippen molar-refractivity contribution in [1.82, 2.24) is 20.2 Å². The number of thiazole rings is 1. The molecule has 0 radical (unpaired) electrons. The fraction of sp³-hybridized carbons (Fsp3) is 0.316. The molecule has 26 heavy (non-hydrogen) atoms. The first-order valence-electron chi connectivity index (χ1n) is 8.40. The first kappa shape index (κ1) is 20.6. The summed E-state index contributed by atoms with van der Waals surface area (Å²) in [4.78, 5) is 15.9. The van der Waals surface area contributed by atoms with Gasteiger partial charge in [0.15, 0.2) is 5.96 Å². The third-order valence-corrected chi connectivity index (χ3v) is 4.72. The van der Waals surface area contributed by atoms with Gasteiger partial charge in [0.1, 0.15) is 0 Å². The van der Waals surface area contributed by atoms with Crippen LogP contribution in [0.25, 0.3) is 10.8 Å². The second-order valence-corrected chi connectivity index (χ2v) is 6.93. The van der Waals surface area contributed by atoms with Crippen molar-refractivity contribution in [1.29, 1.82) is 0 Å². The molecule has 0 saturated heterocycles. The maximum atomic E-state index is 4.78. The van der Waals surface area contributed by atoms with Gasteiger partial charge in [-0.05, 0) is 25.3 Å². The molecule has 3 rings (SSSR count). The minimum atomic E-state index is 0. The Balaban J connectivity index is 0.00000243. The predicted octanol–water partition coefficient (Wildman–Crippen LogP) is 4.22. The smallest absolute Gasteiger partial charge is 0.194 e. The Labute approximate surface area is 175 Å². The Hall–Kier alpha value is -1.74. The van der Waals surface area contributed by atoms with Crippen molar-refractivity contribution in [3.63, 3.8) is 0 Å². The number of nitrogens with zero attached hydrogens (tertiary/aromatic N) is 4. The molecule has 0 saturated carbocycles. The lowest BCUT2D eigenvalue weighted by Gasteiger charge is -2.21. The number of aryl methyl sites for hydroxylation is 1. The summed E-state index contributed by atoms with van der Waals surface area (Å²) in [6, 6.07) is 10.3. The van der Waals surface area contributed by atoms with Gasteiger partial charge in [-0.15, -0.1) is 35.3 Å². The van der Waals surface area contributed by atoms with E-state index in [4.69, 9.17) is 4.99 Å². The molecule has 0 amide bonds. The molecule has 0 aliphatic rings. The average Bonchev–Trinajstić information content (AvgIpc) is 3.03. The highest BCUT2D eigenvalue weighted by Gasteiger charge is 2.09. The summed E-state index contributed by atoms with van der Waals surface area (Å²) in [5.74, 6) is 0.864. The van der Waals surface area contributed by atoms with Crippen LogP contribution in [0, 0.1) is 6.92 Å². The normalized spacial score (nSPS) is 11.3. The Kier molecular flexibility index (Phi) is 7.77. The Morgan fingerprint density at radius 3 is 2.81 bits per heavy atom. The molecule has 0 bridgehead atoms. The van der Waals surface area contributed by atoms with E-state index in [0.717, 1.165) is 40.8 Å². The maximum Gasteiger partial charge on any atom is 0.194 e. The van der Waals surface area contributed by atoms with Crippen LogP contribution in [0.5, 0.6) is 0 Å². The molecule has 0 aliphatic carbocycles. The lowest BCUT2D eigenvalue weighted by molar-refractivity contribution is 0.470. The standard InChI is InChI=1S/C19H23N5S.HI/c1-4-20-19(24(3)12-16-13-25-14(2)23-16)22-11-18-17-8-6-5-7-15(17)9-10-21-18;/h5-10,13H,4,11-12H2,1-3H3,(H,20,22);1H. The van der Waals surface area contributed by atoms with E-state index in [0.29, 0.717) is 6.54 Å². The third-order valence-electron chi connectivity index (χ3n) is 3.90. The number of pyridine rings is 1. The van der Waals surface area contributed by atoms with Gasteiger partial charge in [-0.3, -0.25) is 4.98 Å². The van der Waals surface area contributed by atoms with Gasteiger partial charge >= 0.3 is 0 Å². The number of hydrogen-bond acceptors (Lipinski definition) is 4. The van der Waals surface area contributed by atoms with Crippen LogP contribution in [0.3, 0.4) is 0 Å². The largest absolute Gasteiger partial charge is 0.357 e. The minimum absolute atomic E-state index is 0. The van der Waals surface area contributed by atoms with Crippen LogP contribution < -0.4 is 5.32 Å². The molecule has 0 unspecified atom stereocenters. The van der Waals surface area contributed by atoms with Crippen LogP contribution in [-0.4, -0.2) is 34.4 Å². The fourth-order valence-electron chi connectivity index (χ4n) is 2.73. The van der Waals surface area contributed by atoms with Crippen LogP contribution in [0.15, 0.2) is 46.9 Å². The number of nitrogens with one attached hydrogen (secondary N) is 1. The van der Waals surface area contributed by atoms with Gasteiger partial charge in [0.25, 0.3) is 0 Å². The molecule has 0 fully saturated rings. The Morgan fingerprint density at radius 2 is 2.08 bits per heavy atom. The van der Waals surface area contributed by atoms with Crippen molar-refractivity contribution >= 4 is 52.0 Å². The summed E-state index contributed by atoms with van der Waals surface area (Å²) in [6.07, 6.45) is 1.85. The van der Waals surface area contributed by atoms with Crippen molar-refractivity contribution in [2.45, 2.75) is 26.9 Å². The number of halogens is 1. The molecule has 5 nitrogen and oxygen atoms in total. The number of hydrogen-bond donors (Lipinski definition) is 1. The number of fused-ring (bicyclic) bond motifs is 1. The molecular formula is C19H24IN5S. The number of aliphatic imine (C=N–C) groups is 1. The van der Waals surface area contributed by atoms with Gasteiger partial charge in [0.2, 0.25) is 0 Å². The van der Waals surface area contributed by atoms with Gasteiger partial charge < -0.3 is 10.2 Å². The van der Waals surface area contributed by atoms with E-state index < -0.39 is 0 Å². The van der Waals surface area contributed by atoms with E-state index in [1.807, 2.05) is 38.4 Å². The highest BCUT2D eigenvalue weighted by molar-refractivity contribution is 14.0. The summed E-state index contributed by atoms with van der Waals surface area (Å²) in [6.45, 7) is 6.21. The highest BCUT2D eigenvalue weighted by Crippen LogP contribution is 2.17. The highest BCUT2D eigenvalue weighted by atomic mass is 127. The lowest BCUT2D eigenvalue weighted by atomic mass is 10.1. The maximum absolute atomic E-state index is 4.78. The summed E-state index contributed by atoms with van der Waals surface area (Å²) in [5.41, 5.74) is 2.06. The second-order valence-electron chi connectivity index (χ2n) is 5.86. The summed E-state index contributed by atoms with van der Waals surface area (Å²) in [7, 11) is 2.03. The zero-order valence-corrected chi connectivity index (χ0v) is 18.4. The van der Waals surface area contributed by atoms with Gasteiger partial charge in [0.05, 0.1) is 29.5 Å². The zero-order valence-electron chi connectivity index (χ0n) is 15.3. The molecule has 0 aliphatic heterocycles. The molecule has 1 N–H and O–H groups in total. The Bertz CT molecular complexity index is 872. The van der Waals surface area contributed by atoms with E-state index >= 15 is 0 Å². The van der Waals surface area contributed by atoms with Gasteiger partial charge in [-0.2, -0.15) is 0 Å². The van der Waals surface area contributed by atoms with E-state index in [9.17, 15) is 0 Å². The number of aromatic nitrogens is 2. The van der Waals surface area contributed by atoms with Crippen molar-refractivity contribution in [2.24, 2.45) is 4.99 Å². The molecule has 1 aromatic carbocycles. The van der Waals surface area contributed by atoms with Crippen LogP contribution in [0.1, 0.15) is 23.3 Å². The average molecular weight is 481 g/mol. The van der Waals surface area contributed by atoms with Crippen LogP contribution in [-0.2, 0) is 13.1 Å². The van der Waals surface area contributed by atoms with Crippen molar-refractivity contribution in [3.8, 4) is 0 Å². The van der Waals surface area contributed by atoms with Crippen LogP contribution >= 0.6 is 35.3 Å². The lowest BCUT2D eigenvalue weighted by Crippen LogP contribution is -2.38. The van der Waals surface area contributed by atoms with Crippen molar-refractivity contribution in [3.05, 3.63) is 58.3 Å². The molecular weight excluding hydrogens is 457 g/mol. The SMILES string of the molecule is CCNC(=NCc1nccc2ccccc12)N(C)Cc1csc(C)n1.I. The van der Waals surface area contributed by atoms with E-state index in [1.165, 1.54) is 5.39 Å². The predicted molar refractivity (Wildman–Crippen MR) is 120 cm³/mol. The van der Waals surface area contributed by atoms with Crippen LogP contribution in [0.2, 0.25) is 0 Å². The van der Waals surface area contributed by atoms with Crippen LogP contribution in [0.4, 0.5) is 0 Å². The Morgan fingerprint density at radius 1 is 1.27 bits per heavy atom. The summed E-state index contributed by atoms with van der Waals surface area (Å²) >= 11 is 1.68. The van der Waals surface area contributed by atoms with E-state index in [-0.39, 0.29) is 24.0 Å². The molecule has 138 valence electrons. The zero-order chi connectivity index (χ0) is 17.6.